The summed E-state index contributed by atoms with van der Waals surface area (Å²) in [4.78, 5) is 13.2. The molecule has 1 aliphatic rings. The van der Waals surface area contributed by atoms with E-state index in [1.807, 2.05) is 0 Å². The van der Waals surface area contributed by atoms with E-state index in [4.69, 9.17) is 6.85 Å². The van der Waals surface area contributed by atoms with Crippen LogP contribution in [0.15, 0.2) is 54.6 Å². The first-order valence-corrected chi connectivity index (χ1v) is 12.6. The van der Waals surface area contributed by atoms with E-state index < -0.39 is 0 Å². The number of nitrogens with zero attached hydrogens (tertiary/aromatic N) is 1. The molecule has 1 N–H and O–H groups in total. The van der Waals surface area contributed by atoms with Crippen molar-refractivity contribution in [3.05, 3.63) is 60.2 Å². The first-order valence-electron chi connectivity index (χ1n) is 15.1. The number of fused-ring (bicyclic) bond motifs is 1. The third-order valence-electron chi connectivity index (χ3n) is 6.23. The Kier molecular flexibility index (Phi) is 8.07. The lowest BCUT2D eigenvalue weighted by molar-refractivity contribution is 0.0904. The van der Waals surface area contributed by atoms with Gasteiger partial charge in [-0.15, -0.1) is 0 Å². The van der Waals surface area contributed by atoms with Crippen molar-refractivity contribution in [3.8, 4) is 0 Å². The quantitative estimate of drug-likeness (QED) is 0.241. The number of rotatable bonds is 14. The Hall–Kier alpha value is -2.13. The summed E-state index contributed by atoms with van der Waals surface area (Å²) in [7, 11) is 0. The summed E-state index contributed by atoms with van der Waals surface area (Å²) < 4.78 is 43.2. The number of carbonyl (C=O) groups excluding carboxylic acids is 1. The maximum absolute atomic E-state index is 13.2. The lowest BCUT2D eigenvalue weighted by Crippen LogP contribution is -2.09. The van der Waals surface area contributed by atoms with Crippen molar-refractivity contribution in [2.75, 3.05) is 13.1 Å². The van der Waals surface area contributed by atoms with Crippen molar-refractivity contribution >= 4 is 16.8 Å². The van der Waals surface area contributed by atoms with Crippen LogP contribution in [0.4, 0.5) is 0 Å². The number of allylic oxidation sites excluding steroid dienone is 4. The summed E-state index contributed by atoms with van der Waals surface area (Å²) in [5, 5.41) is 3.60. The first-order chi connectivity index (χ1) is 17.9. The van der Waals surface area contributed by atoms with Crippen LogP contribution in [-0.2, 0) is 0 Å². The molecule has 1 aliphatic heterocycles. The van der Waals surface area contributed by atoms with Crippen molar-refractivity contribution in [3.63, 3.8) is 0 Å². The second-order valence-corrected chi connectivity index (χ2v) is 8.83. The van der Waals surface area contributed by atoms with Crippen molar-refractivity contribution in [1.82, 2.24) is 9.88 Å². The van der Waals surface area contributed by atoms with Gasteiger partial charge in [-0.1, -0.05) is 81.5 Å². The van der Waals surface area contributed by atoms with Crippen molar-refractivity contribution in [2.45, 2.75) is 89.9 Å². The molecule has 1 fully saturated rings. The van der Waals surface area contributed by atoms with Gasteiger partial charge in [-0.3, -0.25) is 9.36 Å². The van der Waals surface area contributed by atoms with E-state index in [0.717, 1.165) is 51.5 Å². The van der Waals surface area contributed by atoms with Crippen LogP contribution in [0.25, 0.3) is 10.9 Å². The van der Waals surface area contributed by atoms with E-state index in [1.54, 1.807) is 0 Å². The highest BCUT2D eigenvalue weighted by Crippen LogP contribution is 2.31. The molecular formula is C29H42N2O. The second kappa shape index (κ2) is 14.1. The SMILES string of the molecule is [2H]c1c([2H])c([2H])c2c(c1[2H])c([C@@H]1CCNC1)c([2H])n2C(=O)CCCCCCC/C=C\C=C/CCCCC. The van der Waals surface area contributed by atoms with Gasteiger partial charge in [0.2, 0.25) is 5.91 Å². The third kappa shape index (κ3) is 7.48. The van der Waals surface area contributed by atoms with Crippen LogP contribution < -0.4 is 5.32 Å². The van der Waals surface area contributed by atoms with Gasteiger partial charge in [0, 0.05) is 24.5 Å². The van der Waals surface area contributed by atoms with E-state index in [-0.39, 0.29) is 54.1 Å². The van der Waals surface area contributed by atoms with Crippen LogP contribution in [0.2, 0.25) is 0 Å². The fourth-order valence-electron chi connectivity index (χ4n) is 4.33. The number of hydrogen-bond acceptors (Lipinski definition) is 2. The lowest BCUT2D eigenvalue weighted by Gasteiger charge is -2.06. The normalized spacial score (nSPS) is 18.9. The fraction of sp³-hybridized carbons (Fsp3) is 0.552. The first kappa shape index (κ1) is 18.3. The van der Waals surface area contributed by atoms with E-state index in [1.165, 1.54) is 23.8 Å². The van der Waals surface area contributed by atoms with Crippen LogP contribution in [0.1, 0.15) is 107 Å². The molecular weight excluding hydrogens is 392 g/mol. The molecule has 32 heavy (non-hydrogen) atoms. The van der Waals surface area contributed by atoms with Crippen LogP contribution >= 0.6 is 0 Å². The minimum Gasteiger partial charge on any atom is -0.316 e. The highest BCUT2D eigenvalue weighted by Gasteiger charge is 2.22. The summed E-state index contributed by atoms with van der Waals surface area (Å²) in [6, 6.07) is -1.06. The predicted octanol–water partition coefficient (Wildman–Crippen LogP) is 7.78. The zero-order valence-corrected chi connectivity index (χ0v) is 19.6. The number of carbonyl (C=O) groups is 1. The van der Waals surface area contributed by atoms with Gasteiger partial charge < -0.3 is 5.32 Å². The number of aromatic nitrogens is 1. The molecule has 0 saturated carbocycles. The smallest absolute Gasteiger partial charge is 0.231 e. The number of nitrogens with one attached hydrogen (secondary N) is 1. The Morgan fingerprint density at radius 1 is 1.06 bits per heavy atom. The van der Waals surface area contributed by atoms with Gasteiger partial charge >= 0.3 is 0 Å². The van der Waals surface area contributed by atoms with Gasteiger partial charge in [-0.2, -0.15) is 0 Å². The molecule has 0 unspecified atom stereocenters. The average Bonchev–Trinajstić information content (AvgIpc) is 3.52. The van der Waals surface area contributed by atoms with E-state index in [2.05, 4.69) is 36.5 Å². The molecule has 0 bridgehead atoms. The molecule has 3 heteroatoms. The molecule has 1 saturated heterocycles. The topological polar surface area (TPSA) is 34.0 Å². The summed E-state index contributed by atoms with van der Waals surface area (Å²) in [5.41, 5.74) is 0.735. The van der Waals surface area contributed by atoms with Crippen molar-refractivity contribution in [1.29, 1.82) is 0 Å². The largest absolute Gasteiger partial charge is 0.316 e. The van der Waals surface area contributed by atoms with Gasteiger partial charge in [0.1, 0.15) is 0 Å². The molecule has 1 aromatic heterocycles. The van der Waals surface area contributed by atoms with Crippen molar-refractivity contribution < 1.29 is 11.6 Å². The molecule has 3 nitrogen and oxygen atoms in total. The highest BCUT2D eigenvalue weighted by atomic mass is 16.2. The van der Waals surface area contributed by atoms with E-state index in [0.29, 0.717) is 23.9 Å². The lowest BCUT2D eigenvalue weighted by atomic mass is 9.98. The molecule has 174 valence electrons. The Morgan fingerprint density at radius 3 is 2.53 bits per heavy atom. The van der Waals surface area contributed by atoms with Gasteiger partial charge in [0.05, 0.1) is 12.4 Å². The maximum Gasteiger partial charge on any atom is 0.231 e. The predicted molar refractivity (Wildman–Crippen MR) is 138 cm³/mol. The van der Waals surface area contributed by atoms with Gasteiger partial charge in [0.15, 0.2) is 0 Å². The summed E-state index contributed by atoms with van der Waals surface area (Å²) >= 11 is 0. The molecule has 0 radical (unpaired) electrons. The molecule has 0 spiro atoms. The standard InChI is InChI=1S/C29H42N2O/c1-2-3-4-5-6-7-8-9-10-11-12-13-14-15-20-29(32)31-24-27(25-21-22-30-23-25)26-18-16-17-19-28(26)31/h6-9,16-19,24-25,30H,2-5,10-15,20-23H2,1H3/b7-6-,9-8-/t25-/m1/s1/i16D,17D,18D,19D,24D. The number of benzene rings is 1. The Balaban J connectivity index is 1.55. The number of unbranched alkanes of at least 4 members (excludes halogenated alkanes) is 8. The Bertz CT molecular complexity index is 1120. The van der Waals surface area contributed by atoms with Crippen LogP contribution in [0.5, 0.6) is 0 Å². The zero-order chi connectivity index (χ0) is 26.8. The minimum absolute atomic E-state index is 0.0203. The average molecular weight is 440 g/mol. The molecule has 3 rings (SSSR count). The molecule has 0 aliphatic carbocycles. The molecule has 1 aromatic carbocycles. The summed E-state index contributed by atoms with van der Waals surface area (Å²) in [6.45, 7) is 3.66. The Labute approximate surface area is 202 Å². The third-order valence-corrected chi connectivity index (χ3v) is 6.23. The van der Waals surface area contributed by atoms with Gasteiger partial charge in [0.25, 0.3) is 0 Å². The van der Waals surface area contributed by atoms with Crippen LogP contribution in [0.3, 0.4) is 0 Å². The molecule has 2 heterocycles. The summed E-state index contributed by atoms with van der Waals surface area (Å²) in [6.07, 6.45) is 20.7. The number of hydrogen-bond donors (Lipinski definition) is 1. The monoisotopic (exact) mass is 439 g/mol. The Morgan fingerprint density at radius 2 is 1.78 bits per heavy atom. The van der Waals surface area contributed by atoms with E-state index in [9.17, 15) is 4.79 Å². The highest BCUT2D eigenvalue weighted by molar-refractivity contribution is 5.94. The molecule has 0 amide bonds. The number of para-hydroxylation sites is 1. The van der Waals surface area contributed by atoms with Crippen molar-refractivity contribution in [2.24, 2.45) is 0 Å². The maximum atomic E-state index is 13.2. The fourth-order valence-corrected chi connectivity index (χ4v) is 4.33. The van der Waals surface area contributed by atoms with E-state index >= 15 is 0 Å². The minimum atomic E-state index is -0.360. The van der Waals surface area contributed by atoms with Gasteiger partial charge in [-0.05, 0) is 62.6 Å². The summed E-state index contributed by atoms with van der Waals surface area (Å²) in [5.74, 6) is -0.292. The van der Waals surface area contributed by atoms with Crippen LogP contribution in [0, 0.1) is 0 Å². The van der Waals surface area contributed by atoms with Crippen LogP contribution in [-0.4, -0.2) is 23.6 Å². The second-order valence-electron chi connectivity index (χ2n) is 8.83. The molecule has 1 atom stereocenters. The zero-order valence-electron chi connectivity index (χ0n) is 24.6. The van der Waals surface area contributed by atoms with Gasteiger partial charge in [-0.25, -0.2) is 0 Å². The molecule has 2 aromatic rings.